The first-order chi connectivity index (χ1) is 9.56. The number of nitrogens with two attached hydrogens (primary N) is 1. The first-order valence-corrected chi connectivity index (χ1v) is 6.30. The summed E-state index contributed by atoms with van der Waals surface area (Å²) in [7, 11) is 0. The second kappa shape index (κ2) is 6.25. The number of benzene rings is 1. The van der Waals surface area contributed by atoms with Crippen molar-refractivity contribution in [2.75, 3.05) is 0 Å². The summed E-state index contributed by atoms with van der Waals surface area (Å²) in [6.45, 7) is 2.51. The van der Waals surface area contributed by atoms with Crippen molar-refractivity contribution in [3.8, 4) is 0 Å². The second-order valence-corrected chi connectivity index (χ2v) is 4.57. The lowest BCUT2D eigenvalue weighted by molar-refractivity contribution is 0.1000. The van der Waals surface area contributed by atoms with E-state index < -0.39 is 5.91 Å². The number of primary amides is 1. The van der Waals surface area contributed by atoms with Crippen LogP contribution in [0.25, 0.3) is 0 Å². The van der Waals surface area contributed by atoms with Crippen molar-refractivity contribution in [2.24, 2.45) is 5.73 Å². The summed E-state index contributed by atoms with van der Waals surface area (Å²) >= 11 is 0. The minimum atomic E-state index is -0.444. The maximum absolute atomic E-state index is 12.8. The van der Waals surface area contributed by atoms with Crippen LogP contribution in [0.5, 0.6) is 0 Å². The van der Waals surface area contributed by atoms with Crippen molar-refractivity contribution in [3.63, 3.8) is 0 Å². The summed E-state index contributed by atoms with van der Waals surface area (Å²) in [5.41, 5.74) is 7.44. The smallest absolute Gasteiger partial charge is 0.248 e. The Kier molecular flexibility index (Phi) is 4.42. The van der Waals surface area contributed by atoms with Gasteiger partial charge < -0.3 is 11.1 Å². The highest BCUT2D eigenvalue weighted by Gasteiger charge is 2.07. The van der Waals surface area contributed by atoms with Gasteiger partial charge in [-0.25, -0.2) is 4.39 Å². The van der Waals surface area contributed by atoms with Gasteiger partial charge in [-0.2, -0.15) is 0 Å². The fourth-order valence-electron chi connectivity index (χ4n) is 1.85. The number of aromatic nitrogens is 1. The zero-order valence-electron chi connectivity index (χ0n) is 11.1. The molecule has 0 radical (unpaired) electrons. The summed E-state index contributed by atoms with van der Waals surface area (Å²) in [5.74, 6) is -0.796. The highest BCUT2D eigenvalue weighted by atomic mass is 19.1. The van der Waals surface area contributed by atoms with Gasteiger partial charge in [0.1, 0.15) is 5.82 Å². The number of nitrogens with one attached hydrogen (secondary N) is 1. The number of carbonyl (C=O) groups is 1. The number of halogens is 1. The van der Waals surface area contributed by atoms with E-state index in [2.05, 4.69) is 10.3 Å². The molecule has 104 valence electrons. The number of pyridine rings is 1. The molecule has 0 saturated carbocycles. The molecular formula is C15H16FN3O. The van der Waals surface area contributed by atoms with E-state index in [4.69, 9.17) is 5.73 Å². The van der Waals surface area contributed by atoms with Crippen molar-refractivity contribution in [2.45, 2.75) is 19.5 Å². The van der Waals surface area contributed by atoms with E-state index in [-0.39, 0.29) is 11.9 Å². The van der Waals surface area contributed by atoms with Crippen LogP contribution < -0.4 is 11.1 Å². The van der Waals surface area contributed by atoms with Crippen LogP contribution in [0.3, 0.4) is 0 Å². The quantitative estimate of drug-likeness (QED) is 0.877. The molecule has 0 aliphatic carbocycles. The number of amides is 1. The van der Waals surface area contributed by atoms with Gasteiger partial charge in [0.05, 0.1) is 11.9 Å². The molecule has 2 aromatic rings. The van der Waals surface area contributed by atoms with E-state index in [0.29, 0.717) is 12.1 Å². The SMILES string of the molecule is CC(NCc1cccc(C(N)=O)c1)c1ccc(F)cn1. The molecule has 0 aliphatic rings. The van der Waals surface area contributed by atoms with Gasteiger partial charge in [0.15, 0.2) is 0 Å². The Morgan fingerprint density at radius 1 is 1.40 bits per heavy atom. The molecule has 0 bridgehead atoms. The maximum Gasteiger partial charge on any atom is 0.248 e. The molecule has 4 nitrogen and oxygen atoms in total. The van der Waals surface area contributed by atoms with Gasteiger partial charge in [0.25, 0.3) is 0 Å². The van der Waals surface area contributed by atoms with Crippen molar-refractivity contribution < 1.29 is 9.18 Å². The predicted octanol–water partition coefficient (Wildman–Crippen LogP) is 2.17. The van der Waals surface area contributed by atoms with Crippen LogP contribution in [-0.4, -0.2) is 10.9 Å². The summed E-state index contributed by atoms with van der Waals surface area (Å²) in [6.07, 6.45) is 1.20. The normalized spacial score (nSPS) is 12.1. The van der Waals surface area contributed by atoms with E-state index >= 15 is 0 Å². The minimum Gasteiger partial charge on any atom is -0.366 e. The van der Waals surface area contributed by atoms with Crippen molar-refractivity contribution in [3.05, 3.63) is 65.2 Å². The van der Waals surface area contributed by atoms with E-state index in [1.807, 2.05) is 13.0 Å². The number of hydrogen-bond acceptors (Lipinski definition) is 3. The molecule has 1 atom stereocenters. The number of rotatable bonds is 5. The van der Waals surface area contributed by atoms with Crippen LogP contribution in [-0.2, 0) is 6.54 Å². The van der Waals surface area contributed by atoms with E-state index in [0.717, 1.165) is 11.3 Å². The van der Waals surface area contributed by atoms with Gasteiger partial charge in [-0.1, -0.05) is 12.1 Å². The lowest BCUT2D eigenvalue weighted by Crippen LogP contribution is -2.19. The average Bonchev–Trinajstić information content (AvgIpc) is 2.46. The fourth-order valence-corrected chi connectivity index (χ4v) is 1.85. The van der Waals surface area contributed by atoms with Crippen molar-refractivity contribution in [1.82, 2.24) is 10.3 Å². The first-order valence-electron chi connectivity index (χ1n) is 6.30. The Labute approximate surface area is 116 Å². The zero-order chi connectivity index (χ0) is 14.5. The third-order valence-corrected chi connectivity index (χ3v) is 3.02. The molecule has 3 N–H and O–H groups in total. The summed E-state index contributed by atoms with van der Waals surface area (Å²) in [6, 6.07) is 10.1. The number of nitrogens with zero attached hydrogens (tertiary/aromatic N) is 1. The highest BCUT2D eigenvalue weighted by Crippen LogP contribution is 2.11. The van der Waals surface area contributed by atoms with Gasteiger partial charge >= 0.3 is 0 Å². The molecule has 1 aromatic heterocycles. The number of hydrogen-bond donors (Lipinski definition) is 2. The Morgan fingerprint density at radius 3 is 2.85 bits per heavy atom. The molecule has 0 aliphatic heterocycles. The summed E-state index contributed by atoms with van der Waals surface area (Å²) < 4.78 is 12.8. The third-order valence-electron chi connectivity index (χ3n) is 3.02. The van der Waals surface area contributed by atoms with Gasteiger partial charge in [-0.05, 0) is 36.8 Å². The standard InChI is InChI=1S/C15H16FN3O/c1-10(14-6-5-13(16)9-19-14)18-8-11-3-2-4-12(7-11)15(17)20/h2-7,9-10,18H,8H2,1H3,(H2,17,20). The van der Waals surface area contributed by atoms with Crippen LogP contribution in [0.2, 0.25) is 0 Å². The predicted molar refractivity (Wildman–Crippen MR) is 74.4 cm³/mol. The topological polar surface area (TPSA) is 68.0 Å². The lowest BCUT2D eigenvalue weighted by atomic mass is 10.1. The lowest BCUT2D eigenvalue weighted by Gasteiger charge is -2.13. The van der Waals surface area contributed by atoms with Gasteiger partial charge in [0, 0.05) is 18.2 Å². The largest absolute Gasteiger partial charge is 0.366 e. The van der Waals surface area contributed by atoms with E-state index in [1.54, 1.807) is 24.3 Å². The molecule has 0 spiro atoms. The Morgan fingerprint density at radius 2 is 2.20 bits per heavy atom. The maximum atomic E-state index is 12.8. The van der Waals surface area contributed by atoms with E-state index in [1.165, 1.54) is 12.3 Å². The second-order valence-electron chi connectivity index (χ2n) is 4.57. The van der Waals surface area contributed by atoms with Gasteiger partial charge in [0.2, 0.25) is 5.91 Å². The molecule has 5 heteroatoms. The van der Waals surface area contributed by atoms with Crippen molar-refractivity contribution >= 4 is 5.91 Å². The molecule has 20 heavy (non-hydrogen) atoms. The monoisotopic (exact) mass is 273 g/mol. The fraction of sp³-hybridized carbons (Fsp3) is 0.200. The molecule has 1 unspecified atom stereocenters. The molecular weight excluding hydrogens is 257 g/mol. The number of carbonyl (C=O) groups excluding carboxylic acids is 1. The highest BCUT2D eigenvalue weighted by molar-refractivity contribution is 5.92. The summed E-state index contributed by atoms with van der Waals surface area (Å²) in [5, 5.41) is 3.26. The molecule has 1 aromatic carbocycles. The van der Waals surface area contributed by atoms with Gasteiger partial charge in [-0.3, -0.25) is 9.78 Å². The molecule has 1 amide bonds. The third kappa shape index (κ3) is 3.61. The van der Waals surface area contributed by atoms with Crippen LogP contribution in [0.15, 0.2) is 42.6 Å². The first kappa shape index (κ1) is 14.1. The Balaban J connectivity index is 1.99. The van der Waals surface area contributed by atoms with E-state index in [9.17, 15) is 9.18 Å². The van der Waals surface area contributed by atoms with Crippen LogP contribution in [0.1, 0.15) is 34.6 Å². The Hall–Kier alpha value is -2.27. The van der Waals surface area contributed by atoms with Crippen LogP contribution >= 0.6 is 0 Å². The minimum absolute atomic E-state index is 0.0205. The Bertz CT molecular complexity index is 598. The molecule has 2 rings (SSSR count). The zero-order valence-corrected chi connectivity index (χ0v) is 11.1. The molecule has 0 fully saturated rings. The average molecular weight is 273 g/mol. The van der Waals surface area contributed by atoms with Crippen LogP contribution in [0, 0.1) is 5.82 Å². The molecule has 1 heterocycles. The van der Waals surface area contributed by atoms with Crippen molar-refractivity contribution in [1.29, 1.82) is 0 Å². The molecule has 0 saturated heterocycles. The van der Waals surface area contributed by atoms with Crippen LogP contribution in [0.4, 0.5) is 4.39 Å². The summed E-state index contributed by atoms with van der Waals surface area (Å²) in [4.78, 5) is 15.1. The van der Waals surface area contributed by atoms with Gasteiger partial charge in [-0.15, -0.1) is 0 Å².